The van der Waals surface area contributed by atoms with Gasteiger partial charge in [0.25, 0.3) is 0 Å². The number of aromatic nitrogens is 4. The van der Waals surface area contributed by atoms with Crippen molar-refractivity contribution in [2.24, 2.45) is 0 Å². The third-order valence-electron chi connectivity index (χ3n) is 7.22. The van der Waals surface area contributed by atoms with Crippen molar-refractivity contribution in [2.45, 2.75) is 38.8 Å². The first-order chi connectivity index (χ1) is 19.8. The lowest BCUT2D eigenvalue weighted by molar-refractivity contribution is -0.152. The molecule has 1 fully saturated rings. The minimum absolute atomic E-state index is 0.00969. The Morgan fingerprint density at radius 3 is 2.50 bits per heavy atom. The zero-order chi connectivity index (χ0) is 30.7. The topological polar surface area (TPSA) is 131 Å². The molecular weight excluding hydrogens is 572 g/mol. The van der Waals surface area contributed by atoms with Gasteiger partial charge in [0.15, 0.2) is 17.2 Å². The van der Waals surface area contributed by atoms with E-state index in [4.69, 9.17) is 11.6 Å². The largest absolute Gasteiger partial charge is 0.504 e. The first-order valence-electron chi connectivity index (χ1n) is 12.9. The van der Waals surface area contributed by atoms with Crippen LogP contribution in [0.2, 0.25) is 5.02 Å². The molecule has 4 aromatic rings. The summed E-state index contributed by atoms with van der Waals surface area (Å²) >= 11 is 6.51. The molecule has 3 aromatic heterocycles. The molecule has 0 saturated carbocycles. The zero-order valence-corrected chi connectivity index (χ0v) is 23.6. The maximum absolute atomic E-state index is 15.0. The highest BCUT2D eigenvalue weighted by atomic mass is 35.5. The van der Waals surface area contributed by atoms with Crippen LogP contribution in [0.15, 0.2) is 52.7 Å². The number of β-amino-alcohol motifs (C(OH)–C–C–N with tert-alkyl or cyclic N) is 1. The number of carbonyl (C=O) groups excluding carboxylic acids is 1. The smallest absolute Gasteiger partial charge is 0.322 e. The van der Waals surface area contributed by atoms with E-state index in [1.165, 1.54) is 11.0 Å². The van der Waals surface area contributed by atoms with E-state index in [-0.39, 0.29) is 46.6 Å². The maximum atomic E-state index is 15.0. The highest BCUT2D eigenvalue weighted by Gasteiger charge is 2.44. The van der Waals surface area contributed by atoms with Gasteiger partial charge in [-0.15, -0.1) is 0 Å². The molecule has 10 nitrogen and oxygen atoms in total. The fourth-order valence-electron chi connectivity index (χ4n) is 5.18. The summed E-state index contributed by atoms with van der Waals surface area (Å²) < 4.78 is 31.3. The molecular formula is C29H26ClF2N5O5. The van der Waals surface area contributed by atoms with Gasteiger partial charge in [0.2, 0.25) is 5.91 Å². The number of phenolic OH excluding ortho intramolecular Hbond substituents is 1. The molecule has 0 atom stereocenters. The lowest BCUT2D eigenvalue weighted by Gasteiger charge is -2.46. The molecule has 1 aliphatic heterocycles. The van der Waals surface area contributed by atoms with Crippen LogP contribution in [0.3, 0.4) is 0 Å². The molecule has 2 N–H and O–H groups in total. The molecule has 0 spiro atoms. The van der Waals surface area contributed by atoms with Crippen LogP contribution in [0, 0.1) is 18.6 Å². The van der Waals surface area contributed by atoms with E-state index in [0.29, 0.717) is 11.3 Å². The number of rotatable bonds is 6. The summed E-state index contributed by atoms with van der Waals surface area (Å²) in [6.07, 6.45) is 2.65. The molecule has 0 aliphatic carbocycles. The third kappa shape index (κ3) is 4.66. The Kier molecular flexibility index (Phi) is 7.23. The van der Waals surface area contributed by atoms with Gasteiger partial charge in [0.05, 0.1) is 52.8 Å². The van der Waals surface area contributed by atoms with E-state index < -0.39 is 52.1 Å². The molecule has 218 valence electrons. The number of hydrogen-bond donors (Lipinski definition) is 2. The van der Waals surface area contributed by atoms with Crippen molar-refractivity contribution >= 4 is 28.7 Å². The average molecular weight is 598 g/mol. The third-order valence-corrected chi connectivity index (χ3v) is 7.51. The van der Waals surface area contributed by atoms with Crippen LogP contribution in [0.5, 0.6) is 5.75 Å². The molecule has 0 unspecified atom stereocenters. The second kappa shape index (κ2) is 10.4. The van der Waals surface area contributed by atoms with Crippen LogP contribution in [-0.2, 0) is 11.3 Å². The fourth-order valence-corrected chi connectivity index (χ4v) is 5.42. The quantitative estimate of drug-likeness (QED) is 0.257. The summed E-state index contributed by atoms with van der Waals surface area (Å²) in [5.74, 6) is -3.80. The van der Waals surface area contributed by atoms with Gasteiger partial charge in [-0.1, -0.05) is 32.0 Å². The standard InChI is InChI=1S/C29H26ClF2N5O5/c1-5-20(38)35-11-29(42,12-35)13-36-19-10-16(30)23(21-17(31)6-7-18(32)25(21)39)34-26(19)37(28(41)27(36)40)24-15(4)8-9-33-22(24)14(2)3/h5-10,14,39,42H,1,11-13H2,2-4H3. The van der Waals surface area contributed by atoms with E-state index in [1.54, 1.807) is 19.2 Å². The van der Waals surface area contributed by atoms with Crippen LogP contribution in [-0.4, -0.2) is 58.8 Å². The van der Waals surface area contributed by atoms with Crippen LogP contribution >= 0.6 is 11.6 Å². The van der Waals surface area contributed by atoms with Gasteiger partial charge in [0.1, 0.15) is 11.4 Å². The first kappa shape index (κ1) is 29.1. The van der Waals surface area contributed by atoms with Crippen molar-refractivity contribution in [3.05, 3.63) is 91.7 Å². The van der Waals surface area contributed by atoms with Crippen molar-refractivity contribution < 1.29 is 23.8 Å². The van der Waals surface area contributed by atoms with Crippen molar-refractivity contribution in [3.63, 3.8) is 0 Å². The van der Waals surface area contributed by atoms with Crippen molar-refractivity contribution in [1.29, 1.82) is 0 Å². The normalized spacial score (nSPS) is 14.3. The van der Waals surface area contributed by atoms with E-state index >= 15 is 0 Å². The molecule has 1 aliphatic rings. The van der Waals surface area contributed by atoms with E-state index in [9.17, 15) is 33.4 Å². The monoisotopic (exact) mass is 597 g/mol. The molecule has 5 rings (SSSR count). The average Bonchev–Trinajstić information content (AvgIpc) is 2.93. The highest BCUT2D eigenvalue weighted by molar-refractivity contribution is 6.33. The number of carbonyl (C=O) groups is 1. The van der Waals surface area contributed by atoms with Crippen LogP contribution < -0.4 is 11.1 Å². The Morgan fingerprint density at radius 2 is 1.86 bits per heavy atom. The molecule has 1 amide bonds. The number of phenols is 1. The number of aliphatic hydroxyl groups is 1. The summed E-state index contributed by atoms with van der Waals surface area (Å²) in [5, 5.41) is 21.2. The number of likely N-dealkylation sites (tertiary alicyclic amines) is 1. The fraction of sp³-hybridized carbons (Fsp3) is 0.276. The molecule has 42 heavy (non-hydrogen) atoms. The Morgan fingerprint density at radius 1 is 1.19 bits per heavy atom. The molecule has 1 saturated heterocycles. The predicted molar refractivity (Wildman–Crippen MR) is 152 cm³/mol. The van der Waals surface area contributed by atoms with E-state index in [2.05, 4.69) is 16.5 Å². The molecule has 0 radical (unpaired) electrons. The van der Waals surface area contributed by atoms with Gasteiger partial charge in [-0.05, 0) is 48.7 Å². The van der Waals surface area contributed by atoms with Crippen molar-refractivity contribution in [1.82, 2.24) is 24.0 Å². The first-order valence-corrected chi connectivity index (χ1v) is 13.3. The summed E-state index contributed by atoms with van der Waals surface area (Å²) in [7, 11) is 0. The van der Waals surface area contributed by atoms with Gasteiger partial charge in [-0.25, -0.2) is 13.8 Å². The minimum atomic E-state index is -1.57. The summed E-state index contributed by atoms with van der Waals surface area (Å²) in [6, 6.07) is 4.41. The number of hydrogen-bond acceptors (Lipinski definition) is 7. The van der Waals surface area contributed by atoms with Crippen molar-refractivity contribution in [3.8, 4) is 22.7 Å². The van der Waals surface area contributed by atoms with Crippen molar-refractivity contribution in [2.75, 3.05) is 13.1 Å². The van der Waals surface area contributed by atoms with Gasteiger partial charge < -0.3 is 15.1 Å². The Hall–Kier alpha value is -4.42. The molecule has 4 heterocycles. The second-order valence-corrected chi connectivity index (χ2v) is 11.0. The van der Waals surface area contributed by atoms with Gasteiger partial charge in [-0.2, -0.15) is 0 Å². The van der Waals surface area contributed by atoms with E-state index in [0.717, 1.165) is 27.3 Å². The summed E-state index contributed by atoms with van der Waals surface area (Å²) in [4.78, 5) is 49.6. The maximum Gasteiger partial charge on any atom is 0.322 e. The minimum Gasteiger partial charge on any atom is -0.504 e. The Bertz CT molecular complexity index is 1910. The summed E-state index contributed by atoms with van der Waals surface area (Å²) in [6.45, 7) is 8.16. The van der Waals surface area contributed by atoms with Gasteiger partial charge in [0, 0.05) is 6.20 Å². The number of amides is 1. The van der Waals surface area contributed by atoms with Crippen LogP contribution in [0.25, 0.3) is 28.1 Å². The van der Waals surface area contributed by atoms with E-state index in [1.807, 2.05) is 13.8 Å². The molecule has 0 bridgehead atoms. The van der Waals surface area contributed by atoms with Crippen LogP contribution in [0.1, 0.15) is 31.0 Å². The number of benzene rings is 1. The number of pyridine rings is 2. The van der Waals surface area contributed by atoms with Gasteiger partial charge >= 0.3 is 11.1 Å². The number of halogens is 3. The highest BCUT2D eigenvalue weighted by Crippen LogP contribution is 2.38. The number of aromatic hydroxyl groups is 1. The second-order valence-electron chi connectivity index (χ2n) is 10.6. The number of nitrogens with zero attached hydrogens (tertiary/aromatic N) is 5. The molecule has 1 aromatic carbocycles. The lowest BCUT2D eigenvalue weighted by Crippen LogP contribution is -2.66. The SMILES string of the molecule is C=CC(=O)N1CC(O)(Cn2c(=O)c(=O)n(-c3c(C)ccnc3C(C)C)c3nc(-c4c(F)ccc(F)c4O)c(Cl)cc32)C1. The predicted octanol–water partition coefficient (Wildman–Crippen LogP) is 3.44. The van der Waals surface area contributed by atoms with Crippen LogP contribution in [0.4, 0.5) is 8.78 Å². The summed E-state index contributed by atoms with van der Waals surface area (Å²) in [5.41, 5.74) is -3.54. The Labute approximate surface area is 242 Å². The van der Waals surface area contributed by atoms with Gasteiger partial charge in [-0.3, -0.25) is 28.5 Å². The Balaban J connectivity index is 1.86. The zero-order valence-electron chi connectivity index (χ0n) is 22.9. The number of aryl methyl sites for hydroxylation is 1. The molecule has 13 heteroatoms. The lowest BCUT2D eigenvalue weighted by atomic mass is 9.93. The number of fused-ring (bicyclic) bond motifs is 1.